The van der Waals surface area contributed by atoms with Crippen LogP contribution >= 0.6 is 0 Å². The van der Waals surface area contributed by atoms with Crippen molar-refractivity contribution in [2.75, 3.05) is 0 Å². The van der Waals surface area contributed by atoms with Gasteiger partial charge in [-0.1, -0.05) is 122 Å². The van der Waals surface area contributed by atoms with Gasteiger partial charge in [0.05, 0.1) is 0 Å². The van der Waals surface area contributed by atoms with Crippen molar-refractivity contribution >= 4 is 0 Å². The van der Waals surface area contributed by atoms with Crippen LogP contribution in [-0.2, 0) is 0 Å². The number of rotatable bonds is 7. The molecule has 4 atom stereocenters. The van der Waals surface area contributed by atoms with Gasteiger partial charge < -0.3 is 0 Å². The molecule has 0 N–H and O–H groups in total. The summed E-state index contributed by atoms with van der Waals surface area (Å²) in [6.45, 7) is 2.39. The van der Waals surface area contributed by atoms with Gasteiger partial charge in [0.15, 0.2) is 0 Å². The lowest BCUT2D eigenvalue weighted by Crippen LogP contribution is -2.09. The van der Waals surface area contributed by atoms with E-state index >= 15 is 0 Å². The molecule has 4 aromatic rings. The van der Waals surface area contributed by atoms with Crippen LogP contribution in [0, 0.1) is 0 Å². The molecule has 32 heavy (non-hydrogen) atoms. The van der Waals surface area contributed by atoms with Gasteiger partial charge in [0, 0.05) is 5.92 Å². The number of hydrogen-bond donors (Lipinski definition) is 0. The molecule has 0 bridgehead atoms. The quantitative estimate of drug-likeness (QED) is 0.283. The summed E-state index contributed by atoms with van der Waals surface area (Å²) in [4.78, 5) is 0. The predicted molar refractivity (Wildman–Crippen MR) is 135 cm³/mol. The number of hydrogen-bond acceptors (Lipinski definition) is 0. The average molecular weight is 417 g/mol. The van der Waals surface area contributed by atoms with Crippen LogP contribution in [0.5, 0.6) is 0 Å². The van der Waals surface area contributed by atoms with Gasteiger partial charge >= 0.3 is 0 Å². The third-order valence-electron chi connectivity index (χ3n) is 7.38. The molecular formula is C32H32. The SMILES string of the molecule is CC(CC(CC1CC(c2ccccc2)c2ccccc21)c1ccccc1)c1ccccc1. The van der Waals surface area contributed by atoms with Gasteiger partial charge in [-0.25, -0.2) is 0 Å². The van der Waals surface area contributed by atoms with E-state index in [0.29, 0.717) is 23.7 Å². The first kappa shape index (κ1) is 20.8. The van der Waals surface area contributed by atoms with Crippen LogP contribution in [0.2, 0.25) is 0 Å². The van der Waals surface area contributed by atoms with Gasteiger partial charge in [-0.15, -0.1) is 0 Å². The Morgan fingerprint density at radius 1 is 0.625 bits per heavy atom. The molecule has 0 amide bonds. The zero-order valence-corrected chi connectivity index (χ0v) is 18.9. The maximum absolute atomic E-state index is 2.39. The summed E-state index contributed by atoms with van der Waals surface area (Å²) in [5, 5.41) is 0. The molecule has 0 heteroatoms. The zero-order valence-electron chi connectivity index (χ0n) is 18.9. The zero-order chi connectivity index (χ0) is 21.8. The van der Waals surface area contributed by atoms with Crippen LogP contribution in [0.1, 0.15) is 77.7 Å². The first-order valence-corrected chi connectivity index (χ1v) is 12.0. The smallest absolute Gasteiger partial charge is 0.00979 e. The molecule has 0 radical (unpaired) electrons. The summed E-state index contributed by atoms with van der Waals surface area (Å²) in [6.07, 6.45) is 3.61. The van der Waals surface area contributed by atoms with E-state index in [-0.39, 0.29) is 0 Å². The molecule has 0 aromatic heterocycles. The summed E-state index contributed by atoms with van der Waals surface area (Å²) >= 11 is 0. The lowest BCUT2D eigenvalue weighted by molar-refractivity contribution is 0.466. The van der Waals surface area contributed by atoms with E-state index < -0.39 is 0 Å². The topological polar surface area (TPSA) is 0 Å². The van der Waals surface area contributed by atoms with Gasteiger partial charge in [0.1, 0.15) is 0 Å². The van der Waals surface area contributed by atoms with E-state index in [1.54, 1.807) is 5.56 Å². The molecule has 4 aromatic carbocycles. The van der Waals surface area contributed by atoms with Crippen molar-refractivity contribution in [1.29, 1.82) is 0 Å². The minimum atomic E-state index is 0.514. The van der Waals surface area contributed by atoms with Crippen molar-refractivity contribution in [3.63, 3.8) is 0 Å². The van der Waals surface area contributed by atoms with Crippen LogP contribution in [0.25, 0.3) is 0 Å². The first-order chi connectivity index (χ1) is 15.8. The first-order valence-electron chi connectivity index (χ1n) is 12.0. The molecule has 5 rings (SSSR count). The van der Waals surface area contributed by atoms with Gasteiger partial charge in [0.2, 0.25) is 0 Å². The second-order valence-corrected chi connectivity index (χ2v) is 9.42. The molecule has 0 nitrogen and oxygen atoms in total. The fraction of sp³-hybridized carbons (Fsp3) is 0.250. The Morgan fingerprint density at radius 2 is 1.16 bits per heavy atom. The Hall–Kier alpha value is -3.12. The highest BCUT2D eigenvalue weighted by Gasteiger charge is 2.33. The third-order valence-corrected chi connectivity index (χ3v) is 7.38. The Labute approximate surface area is 193 Å². The monoisotopic (exact) mass is 416 g/mol. The van der Waals surface area contributed by atoms with Crippen LogP contribution in [0.4, 0.5) is 0 Å². The van der Waals surface area contributed by atoms with Crippen LogP contribution in [0.3, 0.4) is 0 Å². The second kappa shape index (κ2) is 9.57. The molecule has 4 unspecified atom stereocenters. The molecule has 0 aliphatic heterocycles. The standard InChI is InChI=1S/C32H32/c1-24(25-13-5-2-6-14-25)21-28(26-15-7-3-8-16-26)22-29-23-32(27-17-9-4-10-18-27)31-20-12-11-19-30(29)31/h2-20,24,28-29,32H,21-23H2,1H3. The maximum Gasteiger partial charge on any atom is 0.00979 e. The van der Waals surface area contributed by atoms with E-state index in [1.807, 2.05) is 0 Å². The van der Waals surface area contributed by atoms with Crippen molar-refractivity contribution in [1.82, 2.24) is 0 Å². The molecule has 0 spiro atoms. The summed E-state index contributed by atoms with van der Waals surface area (Å²) in [7, 11) is 0. The highest BCUT2D eigenvalue weighted by Crippen LogP contribution is 2.49. The summed E-state index contributed by atoms with van der Waals surface area (Å²) in [5.41, 5.74) is 7.48. The van der Waals surface area contributed by atoms with E-state index in [0.717, 1.165) is 0 Å². The van der Waals surface area contributed by atoms with Crippen molar-refractivity contribution in [2.45, 2.75) is 49.9 Å². The summed E-state index contributed by atoms with van der Waals surface area (Å²) < 4.78 is 0. The fourth-order valence-electron chi connectivity index (χ4n) is 5.74. The third kappa shape index (κ3) is 4.41. The van der Waals surface area contributed by atoms with Gasteiger partial charge in [0.25, 0.3) is 0 Å². The Kier molecular flexibility index (Phi) is 6.21. The lowest BCUT2D eigenvalue weighted by Gasteiger charge is -2.25. The van der Waals surface area contributed by atoms with Crippen molar-refractivity contribution in [3.8, 4) is 0 Å². The largest absolute Gasteiger partial charge is 0.0622 e. The molecule has 1 aliphatic rings. The van der Waals surface area contributed by atoms with Crippen molar-refractivity contribution in [2.24, 2.45) is 0 Å². The van der Waals surface area contributed by atoms with Gasteiger partial charge in [-0.3, -0.25) is 0 Å². The molecule has 0 heterocycles. The van der Waals surface area contributed by atoms with Gasteiger partial charge in [-0.2, -0.15) is 0 Å². The van der Waals surface area contributed by atoms with Crippen LogP contribution in [0.15, 0.2) is 115 Å². The minimum absolute atomic E-state index is 0.514. The number of fused-ring (bicyclic) bond motifs is 1. The van der Waals surface area contributed by atoms with E-state index in [4.69, 9.17) is 0 Å². The Morgan fingerprint density at radius 3 is 1.81 bits per heavy atom. The highest BCUT2D eigenvalue weighted by molar-refractivity contribution is 5.45. The molecule has 1 aliphatic carbocycles. The summed E-state index contributed by atoms with van der Waals surface area (Å²) in [6, 6.07) is 42.5. The molecule has 160 valence electrons. The maximum atomic E-state index is 2.39. The highest BCUT2D eigenvalue weighted by atomic mass is 14.4. The molecule has 0 fully saturated rings. The fourth-order valence-corrected chi connectivity index (χ4v) is 5.74. The van der Waals surface area contributed by atoms with Crippen LogP contribution < -0.4 is 0 Å². The molecule has 0 saturated heterocycles. The predicted octanol–water partition coefficient (Wildman–Crippen LogP) is 8.67. The van der Waals surface area contributed by atoms with Crippen LogP contribution in [-0.4, -0.2) is 0 Å². The molecule has 0 saturated carbocycles. The van der Waals surface area contributed by atoms with Crippen molar-refractivity contribution < 1.29 is 0 Å². The Bertz CT molecular complexity index is 1110. The average Bonchev–Trinajstić information content (AvgIpc) is 3.23. The van der Waals surface area contributed by atoms with Crippen molar-refractivity contribution in [3.05, 3.63) is 143 Å². The number of benzene rings is 4. The van der Waals surface area contributed by atoms with E-state index in [1.165, 1.54) is 41.5 Å². The van der Waals surface area contributed by atoms with E-state index in [2.05, 4.69) is 122 Å². The minimum Gasteiger partial charge on any atom is -0.0622 e. The summed E-state index contributed by atoms with van der Waals surface area (Å²) in [5.74, 6) is 2.21. The van der Waals surface area contributed by atoms with E-state index in [9.17, 15) is 0 Å². The molecular weight excluding hydrogens is 384 g/mol. The Balaban J connectivity index is 1.43. The normalized spacial score (nSPS) is 19.3. The second-order valence-electron chi connectivity index (χ2n) is 9.42. The van der Waals surface area contributed by atoms with Gasteiger partial charge in [-0.05, 0) is 64.8 Å². The lowest BCUT2D eigenvalue weighted by atomic mass is 9.79.